The number of carboxylic acid groups (broad SMARTS) is 1. The van der Waals surface area contributed by atoms with Crippen molar-refractivity contribution >= 4 is 39.4 Å². The second kappa shape index (κ2) is 10.0. The van der Waals surface area contributed by atoms with Gasteiger partial charge in [-0.1, -0.05) is 21.6 Å². The molecule has 0 aliphatic carbocycles. The first-order valence-electron chi connectivity index (χ1n) is 7.31. The normalized spacial score (nSPS) is 18.0. The molecule has 24 heavy (non-hydrogen) atoms. The first-order chi connectivity index (χ1) is 11.2. The van der Waals surface area contributed by atoms with Gasteiger partial charge >= 0.3 is 12.1 Å². The van der Waals surface area contributed by atoms with Crippen LogP contribution in [0.3, 0.4) is 0 Å². The predicted molar refractivity (Wildman–Crippen MR) is 85.6 cm³/mol. The predicted octanol–water partition coefficient (Wildman–Crippen LogP) is 1.90. The van der Waals surface area contributed by atoms with Crippen LogP contribution in [0, 0.1) is 0 Å². The van der Waals surface area contributed by atoms with E-state index in [4.69, 9.17) is 5.11 Å². The molecule has 1 unspecified atom stereocenters. The zero-order valence-corrected chi connectivity index (χ0v) is 14.4. The molecule has 1 aliphatic rings. The van der Waals surface area contributed by atoms with Crippen LogP contribution in [0.25, 0.3) is 0 Å². The molecular formula is C13H19F3N2O4S2. The minimum absolute atomic E-state index is 0.0579. The summed E-state index contributed by atoms with van der Waals surface area (Å²) >= 11 is 0. The summed E-state index contributed by atoms with van der Waals surface area (Å²) in [5.41, 5.74) is 0. The first-order valence-corrected chi connectivity index (χ1v) is 9.79. The Morgan fingerprint density at radius 1 is 1.29 bits per heavy atom. The van der Waals surface area contributed by atoms with Gasteiger partial charge in [-0.05, 0) is 6.42 Å². The number of halogens is 3. The lowest BCUT2D eigenvalue weighted by Crippen LogP contribution is -2.46. The molecule has 1 aliphatic heterocycles. The largest absolute Gasteiger partial charge is 0.481 e. The van der Waals surface area contributed by atoms with E-state index in [2.05, 4.69) is 5.32 Å². The molecule has 0 bridgehead atoms. The SMILES string of the molecule is O=C(O)CCSSCCNC(=O)C1CCC(=O)N1CCC(F)(F)F. The van der Waals surface area contributed by atoms with Crippen molar-refractivity contribution in [3.63, 3.8) is 0 Å². The van der Waals surface area contributed by atoms with Crippen molar-refractivity contribution in [2.75, 3.05) is 24.6 Å². The molecule has 1 saturated heterocycles. The van der Waals surface area contributed by atoms with Crippen molar-refractivity contribution in [3.8, 4) is 0 Å². The molecule has 138 valence electrons. The molecule has 0 aromatic heterocycles. The van der Waals surface area contributed by atoms with E-state index in [9.17, 15) is 27.6 Å². The number of likely N-dealkylation sites (tertiary alicyclic amines) is 1. The summed E-state index contributed by atoms with van der Waals surface area (Å²) in [5, 5.41) is 11.1. The third-order valence-corrected chi connectivity index (χ3v) is 5.64. The zero-order chi connectivity index (χ0) is 18.2. The number of carbonyl (C=O) groups excluding carboxylic acids is 2. The Balaban J connectivity index is 2.27. The van der Waals surface area contributed by atoms with Crippen LogP contribution in [-0.4, -0.2) is 64.6 Å². The van der Waals surface area contributed by atoms with Gasteiger partial charge in [-0.2, -0.15) is 13.2 Å². The number of carbonyl (C=O) groups is 3. The van der Waals surface area contributed by atoms with Crippen LogP contribution in [0.5, 0.6) is 0 Å². The van der Waals surface area contributed by atoms with E-state index in [0.717, 1.165) is 4.90 Å². The van der Waals surface area contributed by atoms with Crippen LogP contribution in [-0.2, 0) is 14.4 Å². The van der Waals surface area contributed by atoms with Gasteiger partial charge in [0.15, 0.2) is 0 Å². The molecule has 2 amide bonds. The van der Waals surface area contributed by atoms with Crippen LogP contribution in [0.1, 0.15) is 25.7 Å². The van der Waals surface area contributed by atoms with Crippen molar-refractivity contribution in [1.29, 1.82) is 0 Å². The Labute approximate surface area is 145 Å². The fourth-order valence-electron chi connectivity index (χ4n) is 2.11. The highest BCUT2D eigenvalue weighted by atomic mass is 33.1. The summed E-state index contributed by atoms with van der Waals surface area (Å²) in [7, 11) is 2.78. The van der Waals surface area contributed by atoms with Crippen molar-refractivity contribution in [2.45, 2.75) is 37.9 Å². The van der Waals surface area contributed by atoms with Crippen molar-refractivity contribution < 1.29 is 32.7 Å². The fraction of sp³-hybridized carbons (Fsp3) is 0.769. The standard InChI is InChI=1S/C13H19F3N2O4S2/c14-13(15,16)4-6-18-9(1-2-10(18)19)12(22)17-5-8-24-23-7-3-11(20)21/h9H,1-8H2,(H,17,22)(H,20,21). The highest BCUT2D eigenvalue weighted by molar-refractivity contribution is 8.76. The van der Waals surface area contributed by atoms with Gasteiger partial charge in [-0.25, -0.2) is 0 Å². The van der Waals surface area contributed by atoms with Crippen LogP contribution in [0.2, 0.25) is 0 Å². The maximum atomic E-state index is 12.3. The van der Waals surface area contributed by atoms with Gasteiger partial charge in [0.25, 0.3) is 0 Å². The van der Waals surface area contributed by atoms with Crippen molar-refractivity contribution in [1.82, 2.24) is 10.2 Å². The van der Waals surface area contributed by atoms with Crippen LogP contribution in [0.4, 0.5) is 13.2 Å². The number of rotatable bonds is 10. The molecule has 0 spiro atoms. The van der Waals surface area contributed by atoms with E-state index < -0.39 is 43.0 Å². The molecule has 0 radical (unpaired) electrons. The molecule has 1 fully saturated rings. The summed E-state index contributed by atoms with van der Waals surface area (Å²) < 4.78 is 36.9. The number of hydrogen-bond donors (Lipinski definition) is 2. The molecule has 0 saturated carbocycles. The van der Waals surface area contributed by atoms with Crippen molar-refractivity contribution in [3.05, 3.63) is 0 Å². The van der Waals surface area contributed by atoms with Crippen LogP contribution < -0.4 is 5.32 Å². The number of amides is 2. The fourth-order valence-corrected chi connectivity index (χ4v) is 4.00. The highest BCUT2D eigenvalue weighted by Crippen LogP contribution is 2.25. The number of aliphatic carboxylic acids is 1. The van der Waals surface area contributed by atoms with Crippen LogP contribution >= 0.6 is 21.6 Å². The van der Waals surface area contributed by atoms with E-state index in [1.807, 2.05) is 0 Å². The minimum Gasteiger partial charge on any atom is -0.481 e. The molecule has 6 nitrogen and oxygen atoms in total. The van der Waals surface area contributed by atoms with E-state index in [-0.39, 0.29) is 19.3 Å². The van der Waals surface area contributed by atoms with Gasteiger partial charge in [-0.15, -0.1) is 0 Å². The Bertz CT molecular complexity index is 463. The number of alkyl halides is 3. The Morgan fingerprint density at radius 2 is 1.96 bits per heavy atom. The van der Waals surface area contributed by atoms with Gasteiger partial charge in [-0.3, -0.25) is 14.4 Å². The molecule has 1 rings (SSSR count). The lowest BCUT2D eigenvalue weighted by Gasteiger charge is -2.24. The summed E-state index contributed by atoms with van der Waals surface area (Å²) in [6, 6.07) is -0.843. The Morgan fingerprint density at radius 3 is 2.58 bits per heavy atom. The zero-order valence-electron chi connectivity index (χ0n) is 12.8. The van der Waals surface area contributed by atoms with Gasteiger partial charge in [0.2, 0.25) is 11.8 Å². The molecule has 11 heteroatoms. The quantitative estimate of drug-likeness (QED) is 0.439. The second-order valence-electron chi connectivity index (χ2n) is 5.09. The number of nitrogens with zero attached hydrogens (tertiary/aromatic N) is 1. The van der Waals surface area contributed by atoms with E-state index in [1.165, 1.54) is 21.6 Å². The highest BCUT2D eigenvalue weighted by Gasteiger charge is 2.38. The second-order valence-corrected chi connectivity index (χ2v) is 7.79. The number of carboxylic acids is 1. The molecule has 0 aromatic carbocycles. The van der Waals surface area contributed by atoms with E-state index >= 15 is 0 Å². The number of hydrogen-bond acceptors (Lipinski definition) is 5. The van der Waals surface area contributed by atoms with Crippen LogP contribution in [0.15, 0.2) is 0 Å². The summed E-state index contributed by atoms with van der Waals surface area (Å²) in [6.07, 6.45) is -5.13. The van der Waals surface area contributed by atoms with Gasteiger partial charge in [0, 0.05) is 31.0 Å². The molecule has 0 aromatic rings. The van der Waals surface area contributed by atoms with E-state index in [0.29, 0.717) is 18.1 Å². The van der Waals surface area contributed by atoms with E-state index in [1.54, 1.807) is 0 Å². The maximum absolute atomic E-state index is 12.3. The third kappa shape index (κ3) is 8.13. The van der Waals surface area contributed by atoms with Gasteiger partial charge in [0.05, 0.1) is 12.8 Å². The monoisotopic (exact) mass is 388 g/mol. The minimum atomic E-state index is -4.37. The Kier molecular flexibility index (Phi) is 8.74. The summed E-state index contributed by atoms with van der Waals surface area (Å²) in [4.78, 5) is 35.0. The third-order valence-electron chi connectivity index (χ3n) is 3.23. The topological polar surface area (TPSA) is 86.7 Å². The Hall–Kier alpha value is -1.10. The number of nitrogens with one attached hydrogen (secondary N) is 1. The average molecular weight is 388 g/mol. The molecular weight excluding hydrogens is 369 g/mol. The van der Waals surface area contributed by atoms with Gasteiger partial charge < -0.3 is 15.3 Å². The molecule has 1 heterocycles. The smallest absolute Gasteiger partial charge is 0.390 e. The van der Waals surface area contributed by atoms with Gasteiger partial charge in [0.1, 0.15) is 6.04 Å². The molecule has 1 atom stereocenters. The van der Waals surface area contributed by atoms with Crippen molar-refractivity contribution in [2.24, 2.45) is 0 Å². The first kappa shape index (κ1) is 20.9. The molecule has 2 N–H and O–H groups in total. The summed E-state index contributed by atoms with van der Waals surface area (Å²) in [6.45, 7) is -0.193. The maximum Gasteiger partial charge on any atom is 0.390 e. The average Bonchev–Trinajstić information content (AvgIpc) is 2.84. The lowest BCUT2D eigenvalue weighted by molar-refractivity contribution is -0.148. The summed E-state index contributed by atoms with van der Waals surface area (Å²) in [5.74, 6) is -0.756. The lowest BCUT2D eigenvalue weighted by atomic mass is 10.2.